The third kappa shape index (κ3) is 7.49. The fourth-order valence-electron chi connectivity index (χ4n) is 9.75. The summed E-state index contributed by atoms with van der Waals surface area (Å²) in [7, 11) is 0. The largest absolute Gasteiger partial charge is 0.453 e. The molecule has 0 saturated heterocycles. The summed E-state index contributed by atoms with van der Waals surface area (Å²) in [6.45, 7) is 0. The molecule has 12 nitrogen and oxygen atoms in total. The standard InChI is InChI=1S/C62H38N10O2/c1-5-23-57-51(19-1)71(52-20-2-6-24-58(52)73-57)55-33-41(47-35-49(45-17-9-11-29-65-45)69-61(67-47)39-15-13-27-63-37-39)32-44-43(55)31-42(34-56(44)72-53-21-3-7-25-59(53)74-60-26-8-4-22-54(60)72)48-36-50(46-18-10-12-30-66-46)70-62(68-48)40-16-14-28-64-38-40/h1-38H. The van der Waals surface area contributed by atoms with E-state index in [2.05, 4.69) is 68.3 Å². The third-order valence-electron chi connectivity index (χ3n) is 13.1. The first-order valence-corrected chi connectivity index (χ1v) is 24.0. The number of para-hydroxylation sites is 8. The molecule has 0 amide bonds. The number of rotatable bonds is 8. The number of aromatic nitrogens is 8. The van der Waals surface area contributed by atoms with E-state index in [1.165, 1.54) is 0 Å². The van der Waals surface area contributed by atoms with E-state index in [4.69, 9.17) is 39.4 Å². The monoisotopic (exact) mass is 954 g/mol. The summed E-state index contributed by atoms with van der Waals surface area (Å²) in [6.07, 6.45) is 10.6. The molecule has 12 aromatic rings. The summed E-state index contributed by atoms with van der Waals surface area (Å²) in [5.74, 6) is 3.89. The van der Waals surface area contributed by atoms with Crippen LogP contribution in [0.25, 0.3) is 78.8 Å². The van der Waals surface area contributed by atoms with Crippen molar-refractivity contribution in [1.82, 2.24) is 39.9 Å². The van der Waals surface area contributed by atoms with Gasteiger partial charge in [-0.25, -0.2) is 19.9 Å². The predicted octanol–water partition coefficient (Wildman–Crippen LogP) is 15.2. The fraction of sp³-hybridized carbons (Fsp3) is 0. The van der Waals surface area contributed by atoms with E-state index >= 15 is 0 Å². The highest BCUT2D eigenvalue weighted by Crippen LogP contribution is 2.56. The lowest BCUT2D eigenvalue weighted by Gasteiger charge is -2.36. The molecule has 0 fully saturated rings. The van der Waals surface area contributed by atoms with Gasteiger partial charge < -0.3 is 19.3 Å². The SMILES string of the molecule is c1ccc(-c2cc(-c3cc(N4c5ccccc5Oc5ccccc54)c4cc(-c5cc(-c6ccccn6)nc(-c6cccnc6)n5)cc(N5c6ccccc6Oc6ccccc65)c4c3)nc(-c3cccnc3)n2)nc1. The molecule has 348 valence electrons. The van der Waals surface area contributed by atoms with Gasteiger partial charge in [0, 0.05) is 70.2 Å². The van der Waals surface area contributed by atoms with Crippen molar-refractivity contribution in [1.29, 1.82) is 0 Å². The van der Waals surface area contributed by atoms with Crippen LogP contribution in [0.5, 0.6) is 23.0 Å². The molecule has 6 aromatic heterocycles. The topological polar surface area (TPSA) is 128 Å². The number of nitrogens with zero attached hydrogens (tertiary/aromatic N) is 10. The molecular weight excluding hydrogens is 917 g/mol. The number of ether oxygens (including phenoxy) is 2. The Kier molecular flexibility index (Phi) is 10.2. The van der Waals surface area contributed by atoms with Crippen LogP contribution < -0.4 is 19.3 Å². The van der Waals surface area contributed by atoms with Crippen molar-refractivity contribution in [2.75, 3.05) is 9.80 Å². The van der Waals surface area contributed by atoms with Gasteiger partial charge in [-0.3, -0.25) is 19.9 Å². The van der Waals surface area contributed by atoms with Gasteiger partial charge in [0.2, 0.25) is 0 Å². The summed E-state index contributed by atoms with van der Waals surface area (Å²) >= 11 is 0. The average Bonchev–Trinajstić information content (AvgIpc) is 3.48. The van der Waals surface area contributed by atoms with Crippen molar-refractivity contribution in [2.24, 2.45) is 0 Å². The summed E-state index contributed by atoms with van der Waals surface area (Å²) in [5.41, 5.74) is 12.6. The Morgan fingerprint density at radius 2 is 0.662 bits per heavy atom. The first-order valence-electron chi connectivity index (χ1n) is 24.0. The van der Waals surface area contributed by atoms with Gasteiger partial charge >= 0.3 is 0 Å². The Balaban J connectivity index is 1.13. The summed E-state index contributed by atoms with van der Waals surface area (Å²) in [5, 5.41) is 1.84. The van der Waals surface area contributed by atoms with Gasteiger partial charge in [-0.15, -0.1) is 0 Å². The Hall–Kier alpha value is -10.5. The molecule has 0 spiro atoms. The Morgan fingerprint density at radius 1 is 0.284 bits per heavy atom. The molecular formula is C62H38N10O2. The maximum absolute atomic E-state index is 6.66. The zero-order chi connectivity index (χ0) is 49.0. The summed E-state index contributed by atoms with van der Waals surface area (Å²) < 4.78 is 13.3. The van der Waals surface area contributed by atoms with Crippen LogP contribution in [0.15, 0.2) is 231 Å². The quantitative estimate of drug-likeness (QED) is 0.144. The van der Waals surface area contributed by atoms with Gasteiger partial charge in [0.25, 0.3) is 0 Å². The fourth-order valence-corrected chi connectivity index (χ4v) is 9.75. The van der Waals surface area contributed by atoms with Crippen molar-refractivity contribution in [3.63, 3.8) is 0 Å². The van der Waals surface area contributed by atoms with Crippen LogP contribution in [0.2, 0.25) is 0 Å². The lowest BCUT2D eigenvalue weighted by Crippen LogP contribution is -2.18. The highest BCUT2D eigenvalue weighted by Gasteiger charge is 2.32. The maximum atomic E-state index is 6.66. The normalized spacial score (nSPS) is 12.2. The number of hydrogen-bond donors (Lipinski definition) is 0. The van der Waals surface area contributed by atoms with Gasteiger partial charge in [0.15, 0.2) is 34.6 Å². The van der Waals surface area contributed by atoms with Gasteiger partial charge in [-0.2, -0.15) is 0 Å². The van der Waals surface area contributed by atoms with E-state index in [0.717, 1.165) is 67.2 Å². The number of hydrogen-bond acceptors (Lipinski definition) is 12. The van der Waals surface area contributed by atoms with Crippen molar-refractivity contribution < 1.29 is 9.47 Å². The Bertz CT molecular complexity index is 3640. The third-order valence-corrected chi connectivity index (χ3v) is 13.1. The van der Waals surface area contributed by atoms with Crippen LogP contribution in [0, 0.1) is 0 Å². The second-order valence-electron chi connectivity index (χ2n) is 17.7. The second-order valence-corrected chi connectivity index (χ2v) is 17.7. The lowest BCUT2D eigenvalue weighted by atomic mass is 9.94. The van der Waals surface area contributed by atoms with E-state index in [1.54, 1.807) is 37.2 Å². The molecule has 74 heavy (non-hydrogen) atoms. The molecule has 0 radical (unpaired) electrons. The van der Waals surface area contributed by atoms with E-state index in [0.29, 0.717) is 68.8 Å². The number of pyridine rings is 4. The molecule has 0 saturated carbocycles. The smallest absolute Gasteiger partial charge is 0.162 e. The average molecular weight is 955 g/mol. The molecule has 6 aromatic carbocycles. The molecule has 0 N–H and O–H groups in total. The first kappa shape index (κ1) is 42.4. The number of fused-ring (bicyclic) bond motifs is 5. The highest BCUT2D eigenvalue weighted by atomic mass is 16.5. The van der Waals surface area contributed by atoms with Crippen LogP contribution in [-0.4, -0.2) is 39.9 Å². The zero-order valence-electron chi connectivity index (χ0n) is 39.2. The lowest BCUT2D eigenvalue weighted by molar-refractivity contribution is 0.477. The minimum atomic E-state index is 0.517. The predicted molar refractivity (Wildman–Crippen MR) is 288 cm³/mol. The molecule has 2 aliphatic rings. The van der Waals surface area contributed by atoms with Crippen molar-refractivity contribution >= 4 is 44.9 Å². The molecule has 0 unspecified atom stereocenters. The van der Waals surface area contributed by atoms with E-state index < -0.39 is 0 Å². The van der Waals surface area contributed by atoms with Gasteiger partial charge in [-0.05, 0) is 133 Å². The number of benzene rings is 6. The van der Waals surface area contributed by atoms with Crippen molar-refractivity contribution in [3.8, 4) is 91.1 Å². The minimum Gasteiger partial charge on any atom is -0.453 e. The van der Waals surface area contributed by atoms with E-state index in [-0.39, 0.29) is 0 Å². The van der Waals surface area contributed by atoms with Crippen molar-refractivity contribution in [3.05, 3.63) is 231 Å². The maximum Gasteiger partial charge on any atom is 0.162 e. The van der Waals surface area contributed by atoms with Gasteiger partial charge in [0.1, 0.15) is 0 Å². The van der Waals surface area contributed by atoms with E-state index in [9.17, 15) is 0 Å². The molecule has 12 heteroatoms. The molecule has 14 rings (SSSR count). The minimum absolute atomic E-state index is 0.517. The highest BCUT2D eigenvalue weighted by molar-refractivity contribution is 6.12. The molecule has 0 atom stereocenters. The van der Waals surface area contributed by atoms with Crippen LogP contribution in [0.1, 0.15) is 0 Å². The Morgan fingerprint density at radius 3 is 1.03 bits per heavy atom. The second kappa shape index (κ2) is 17.7. The molecule has 2 aliphatic heterocycles. The van der Waals surface area contributed by atoms with E-state index in [1.807, 2.05) is 146 Å². The first-order chi connectivity index (χ1) is 36.7. The van der Waals surface area contributed by atoms with Crippen LogP contribution >= 0.6 is 0 Å². The molecule has 8 heterocycles. The molecule has 0 bridgehead atoms. The number of anilines is 6. The summed E-state index contributed by atoms with van der Waals surface area (Å²) in [4.78, 5) is 43.9. The summed E-state index contributed by atoms with van der Waals surface area (Å²) in [6, 6.07) is 64.9. The van der Waals surface area contributed by atoms with Gasteiger partial charge in [-0.1, -0.05) is 60.7 Å². The zero-order valence-corrected chi connectivity index (χ0v) is 39.2. The van der Waals surface area contributed by atoms with Crippen LogP contribution in [-0.2, 0) is 0 Å². The van der Waals surface area contributed by atoms with Crippen molar-refractivity contribution in [2.45, 2.75) is 0 Å². The Labute approximate surface area is 424 Å². The van der Waals surface area contributed by atoms with Gasteiger partial charge in [0.05, 0.1) is 68.3 Å². The van der Waals surface area contributed by atoms with Crippen LogP contribution in [0.3, 0.4) is 0 Å². The van der Waals surface area contributed by atoms with Crippen LogP contribution in [0.4, 0.5) is 34.1 Å². The molecule has 0 aliphatic carbocycles.